The summed E-state index contributed by atoms with van der Waals surface area (Å²) in [6, 6.07) is 6.46. The fraction of sp³-hybridized carbons (Fsp3) is 0.400. The monoisotopic (exact) mass is 436 g/mol. The zero-order valence-corrected chi connectivity index (χ0v) is 17.9. The molecule has 0 amide bonds. The molecule has 0 saturated heterocycles. The Morgan fingerprint density at radius 3 is 2.53 bits per heavy atom. The third kappa shape index (κ3) is 4.53. The van der Waals surface area contributed by atoms with Crippen molar-refractivity contribution in [2.75, 3.05) is 0 Å². The van der Waals surface area contributed by atoms with Crippen molar-refractivity contribution in [2.24, 2.45) is 13.0 Å². The first-order valence-corrected chi connectivity index (χ1v) is 10.3. The van der Waals surface area contributed by atoms with Gasteiger partial charge in [0, 0.05) is 24.9 Å². The quantitative estimate of drug-likeness (QED) is 0.418. The Morgan fingerprint density at radius 2 is 1.87 bits per heavy atom. The van der Waals surface area contributed by atoms with Gasteiger partial charge in [-0.3, -0.25) is 13.9 Å². The molecule has 0 bridgehead atoms. The molecule has 0 fully saturated rings. The van der Waals surface area contributed by atoms with E-state index < -0.39 is 17.9 Å². The summed E-state index contributed by atoms with van der Waals surface area (Å²) in [5.74, 6) is 0.890. The molecule has 1 aromatic carbocycles. The fourth-order valence-electron chi connectivity index (χ4n) is 3.06. The minimum atomic E-state index is -2.93. The van der Waals surface area contributed by atoms with Gasteiger partial charge in [0.25, 0.3) is 5.56 Å². The zero-order valence-electron chi connectivity index (χ0n) is 17.1. The first kappa shape index (κ1) is 21.9. The molecule has 0 radical (unpaired) electrons. The van der Waals surface area contributed by atoms with Crippen molar-refractivity contribution in [3.05, 3.63) is 56.5 Å². The van der Waals surface area contributed by atoms with Gasteiger partial charge in [0.15, 0.2) is 5.65 Å². The second-order valence-electron chi connectivity index (χ2n) is 7.20. The average molecular weight is 436 g/mol. The molecule has 0 atom stereocenters. The molecule has 3 aromatic rings. The van der Waals surface area contributed by atoms with Gasteiger partial charge in [-0.2, -0.15) is 8.78 Å². The van der Waals surface area contributed by atoms with Gasteiger partial charge >= 0.3 is 12.3 Å². The number of benzene rings is 1. The molecule has 3 rings (SSSR count). The molecule has 2 aromatic heterocycles. The molecule has 2 heterocycles. The maximum absolute atomic E-state index is 12.9. The van der Waals surface area contributed by atoms with E-state index in [1.807, 2.05) is 13.8 Å². The molecular formula is C20H22F2N4O3S. The van der Waals surface area contributed by atoms with Crippen LogP contribution >= 0.6 is 11.8 Å². The topological polar surface area (TPSA) is 79.0 Å². The van der Waals surface area contributed by atoms with Crippen molar-refractivity contribution >= 4 is 22.8 Å². The van der Waals surface area contributed by atoms with Gasteiger partial charge in [0.2, 0.25) is 0 Å². The summed E-state index contributed by atoms with van der Waals surface area (Å²) in [5.41, 5.74) is -0.107. The molecule has 0 unspecified atom stereocenters. The minimum Gasteiger partial charge on any atom is -0.435 e. The van der Waals surface area contributed by atoms with E-state index in [-0.39, 0.29) is 28.5 Å². The summed E-state index contributed by atoms with van der Waals surface area (Å²) in [6.45, 7) is 3.07. The Hall–Kier alpha value is -2.75. The van der Waals surface area contributed by atoms with Crippen LogP contribution in [0.1, 0.15) is 25.2 Å². The van der Waals surface area contributed by atoms with Crippen molar-refractivity contribution in [1.82, 2.24) is 19.1 Å². The number of halogens is 2. The minimum absolute atomic E-state index is 0.0692. The third-order valence-electron chi connectivity index (χ3n) is 4.36. The molecule has 0 aliphatic heterocycles. The van der Waals surface area contributed by atoms with Crippen molar-refractivity contribution in [2.45, 2.75) is 44.7 Å². The van der Waals surface area contributed by atoms with Crippen LogP contribution in [0.2, 0.25) is 0 Å². The van der Waals surface area contributed by atoms with Crippen LogP contribution in [-0.2, 0) is 19.3 Å². The Morgan fingerprint density at radius 1 is 1.17 bits per heavy atom. The van der Waals surface area contributed by atoms with Crippen LogP contribution in [0.25, 0.3) is 11.0 Å². The van der Waals surface area contributed by atoms with Crippen molar-refractivity contribution in [3.63, 3.8) is 0 Å². The number of thioether (sulfide) groups is 1. The first-order chi connectivity index (χ1) is 14.2. The zero-order chi connectivity index (χ0) is 22.0. The van der Waals surface area contributed by atoms with Crippen LogP contribution in [-0.4, -0.2) is 25.7 Å². The number of rotatable bonds is 7. The van der Waals surface area contributed by atoms with Crippen LogP contribution in [0, 0.1) is 12.8 Å². The first-order valence-electron chi connectivity index (χ1n) is 9.32. The molecule has 0 saturated carbocycles. The van der Waals surface area contributed by atoms with E-state index in [1.165, 1.54) is 29.4 Å². The van der Waals surface area contributed by atoms with Gasteiger partial charge in [-0.1, -0.05) is 32.0 Å². The van der Waals surface area contributed by atoms with Crippen molar-refractivity contribution in [3.8, 4) is 5.75 Å². The molecule has 10 heteroatoms. The molecule has 30 heavy (non-hydrogen) atoms. The van der Waals surface area contributed by atoms with Gasteiger partial charge in [-0.25, -0.2) is 14.8 Å². The van der Waals surface area contributed by atoms with E-state index in [1.54, 1.807) is 25.1 Å². The number of aryl methyl sites for hydroxylation is 1. The number of hydrogen-bond acceptors (Lipinski definition) is 6. The second-order valence-corrected chi connectivity index (χ2v) is 8.16. The number of nitrogens with zero attached hydrogens (tertiary/aromatic N) is 4. The molecule has 0 spiro atoms. The summed E-state index contributed by atoms with van der Waals surface area (Å²) < 4.78 is 32.5. The fourth-order valence-corrected chi connectivity index (χ4v) is 4.11. The SMILES string of the molecule is Cc1nc(SCc2ccccc2OC(F)F)c2c(=O)n(C)c(=O)n(CC(C)C)c2n1. The molecule has 160 valence electrons. The highest BCUT2D eigenvalue weighted by Crippen LogP contribution is 2.30. The lowest BCUT2D eigenvalue weighted by molar-refractivity contribution is -0.0503. The van der Waals surface area contributed by atoms with Crippen LogP contribution in [0.3, 0.4) is 0 Å². The van der Waals surface area contributed by atoms with E-state index in [0.717, 1.165) is 4.57 Å². The lowest BCUT2D eigenvalue weighted by Crippen LogP contribution is -2.39. The summed E-state index contributed by atoms with van der Waals surface area (Å²) in [5, 5.41) is 0.628. The summed E-state index contributed by atoms with van der Waals surface area (Å²) in [4.78, 5) is 34.3. The second kappa shape index (κ2) is 8.95. The summed E-state index contributed by atoms with van der Waals surface area (Å²) >= 11 is 1.21. The van der Waals surface area contributed by atoms with Gasteiger partial charge in [-0.15, -0.1) is 11.8 Å². The van der Waals surface area contributed by atoms with E-state index >= 15 is 0 Å². The van der Waals surface area contributed by atoms with E-state index in [9.17, 15) is 18.4 Å². The molecular weight excluding hydrogens is 414 g/mol. The molecule has 0 aliphatic rings. The van der Waals surface area contributed by atoms with Crippen LogP contribution in [0.15, 0.2) is 38.9 Å². The molecule has 7 nitrogen and oxygen atoms in total. The Labute approximate surface area is 175 Å². The van der Waals surface area contributed by atoms with Crippen LogP contribution < -0.4 is 16.0 Å². The van der Waals surface area contributed by atoms with E-state index in [2.05, 4.69) is 14.7 Å². The van der Waals surface area contributed by atoms with Crippen molar-refractivity contribution < 1.29 is 13.5 Å². The highest BCUT2D eigenvalue weighted by Gasteiger charge is 2.19. The average Bonchev–Trinajstić information content (AvgIpc) is 2.67. The van der Waals surface area contributed by atoms with Gasteiger partial charge in [-0.05, 0) is 18.9 Å². The third-order valence-corrected chi connectivity index (χ3v) is 5.39. The predicted molar refractivity (Wildman–Crippen MR) is 111 cm³/mol. The van der Waals surface area contributed by atoms with Gasteiger partial charge in [0.05, 0.1) is 0 Å². The lowest BCUT2D eigenvalue weighted by atomic mass is 10.2. The standard InChI is InChI=1S/C20H22F2N4O3S/c1-11(2)9-26-16-15(18(27)25(4)20(26)28)17(24-12(3)23-16)30-10-13-7-5-6-8-14(13)29-19(21)22/h5-8,11,19H,9-10H2,1-4H3. The maximum Gasteiger partial charge on any atom is 0.387 e. The summed E-state index contributed by atoms with van der Waals surface area (Å²) in [6.07, 6.45) is 0. The number of hydrogen-bond donors (Lipinski definition) is 0. The number of fused-ring (bicyclic) bond motifs is 1. The van der Waals surface area contributed by atoms with Crippen LogP contribution in [0.5, 0.6) is 5.75 Å². The Bertz CT molecular complexity index is 1190. The number of alkyl halides is 2. The normalized spacial score (nSPS) is 11.6. The largest absolute Gasteiger partial charge is 0.435 e. The predicted octanol–water partition coefficient (Wildman–Crippen LogP) is 3.35. The molecule has 0 N–H and O–H groups in total. The smallest absolute Gasteiger partial charge is 0.387 e. The number of ether oxygens (including phenoxy) is 1. The Balaban J connectivity index is 2.11. The van der Waals surface area contributed by atoms with E-state index in [4.69, 9.17) is 0 Å². The number of para-hydroxylation sites is 1. The highest BCUT2D eigenvalue weighted by atomic mass is 32.2. The number of aromatic nitrogens is 4. The van der Waals surface area contributed by atoms with Crippen LogP contribution in [0.4, 0.5) is 8.78 Å². The van der Waals surface area contributed by atoms with Gasteiger partial charge < -0.3 is 4.74 Å². The van der Waals surface area contributed by atoms with Gasteiger partial charge in [0.1, 0.15) is 22.0 Å². The maximum atomic E-state index is 12.9. The molecule has 0 aliphatic carbocycles. The summed E-state index contributed by atoms with van der Waals surface area (Å²) in [7, 11) is 1.42. The van der Waals surface area contributed by atoms with Crippen molar-refractivity contribution in [1.29, 1.82) is 0 Å². The highest BCUT2D eigenvalue weighted by molar-refractivity contribution is 7.98. The lowest BCUT2D eigenvalue weighted by Gasteiger charge is -2.15. The van der Waals surface area contributed by atoms with E-state index in [0.29, 0.717) is 23.0 Å². The Kier molecular flexibility index (Phi) is 6.55.